The number of pyridine rings is 1. The van der Waals surface area contributed by atoms with Crippen molar-refractivity contribution in [2.45, 2.75) is 69.4 Å². The average Bonchev–Trinajstić information content (AvgIpc) is 4.06. The smallest absolute Gasteiger partial charge is 0.301 e. The van der Waals surface area contributed by atoms with E-state index in [1.165, 1.54) is 39.7 Å². The Morgan fingerprint density at radius 2 is 1.82 bits per heavy atom. The standard InChI is InChI=1S/C44H54ClF2N11O2/c1-26-23-58(18-17-57(26)24-27-12-15-56(16-13-27)31-9-10-32-36(20-31)55(3)53-37(32)29-5-4-14-48-21-29)43-49-22-34(45)41(52-43)50-30-8-11-35-33(19-30)38-39(42(59)54(35)2)60-25-44(46,47)40(51-38)28-6-7-28/h8-11,19-20,22,26-29,40,48,51H,4-7,12-18,21,23-25H2,1-3H3,(H,49,50,52). The van der Waals surface area contributed by atoms with Crippen LogP contribution in [-0.4, -0.2) is 106 Å². The molecule has 5 aromatic rings. The molecule has 4 aliphatic heterocycles. The number of nitrogens with one attached hydrogen (secondary N) is 3. The van der Waals surface area contributed by atoms with E-state index in [2.05, 4.69) is 72.5 Å². The van der Waals surface area contributed by atoms with E-state index in [1.807, 2.05) is 12.1 Å². The Kier molecular flexibility index (Phi) is 10.3. The lowest BCUT2D eigenvalue weighted by molar-refractivity contribution is -0.0579. The molecule has 10 rings (SSSR count). The van der Waals surface area contributed by atoms with Gasteiger partial charge in [0.25, 0.3) is 5.56 Å². The number of piperazine rings is 1. The van der Waals surface area contributed by atoms with E-state index >= 15 is 8.78 Å². The van der Waals surface area contributed by atoms with Crippen molar-refractivity contribution in [1.29, 1.82) is 0 Å². The largest absolute Gasteiger partial charge is 0.480 e. The first-order valence-corrected chi connectivity index (χ1v) is 22.0. The summed E-state index contributed by atoms with van der Waals surface area (Å²) in [6, 6.07) is 11.6. The van der Waals surface area contributed by atoms with E-state index in [4.69, 9.17) is 26.4 Å². The number of hydrogen-bond donors (Lipinski definition) is 3. The molecule has 0 radical (unpaired) electrons. The highest BCUT2D eigenvalue weighted by molar-refractivity contribution is 6.33. The number of rotatable bonds is 8. The van der Waals surface area contributed by atoms with Crippen molar-refractivity contribution in [3.8, 4) is 5.75 Å². The quantitative estimate of drug-likeness (QED) is 0.155. The predicted octanol–water partition coefficient (Wildman–Crippen LogP) is 6.72. The number of ether oxygens (including phenoxy) is 1. The number of piperidine rings is 2. The predicted molar refractivity (Wildman–Crippen MR) is 234 cm³/mol. The topological polar surface area (TPSA) is 121 Å². The van der Waals surface area contributed by atoms with Crippen molar-refractivity contribution in [3.05, 3.63) is 63.7 Å². The monoisotopic (exact) mass is 841 g/mol. The Balaban J connectivity index is 0.781. The zero-order valence-corrected chi connectivity index (χ0v) is 35.3. The molecule has 16 heteroatoms. The first kappa shape index (κ1) is 39.4. The third-order valence-corrected chi connectivity index (χ3v) is 13.9. The fraction of sp³-hybridized carbons (Fsp3) is 0.545. The van der Waals surface area contributed by atoms with Gasteiger partial charge < -0.3 is 35.1 Å². The Hall–Kier alpha value is -4.73. The van der Waals surface area contributed by atoms with E-state index in [0.29, 0.717) is 69.8 Å². The molecule has 0 bridgehead atoms. The Morgan fingerprint density at radius 3 is 2.58 bits per heavy atom. The molecule has 2 aromatic carbocycles. The highest BCUT2D eigenvalue weighted by atomic mass is 35.5. The number of halogens is 3. The number of benzene rings is 2. The number of anilines is 5. The Bertz CT molecular complexity index is 2480. The van der Waals surface area contributed by atoms with Crippen LogP contribution in [0.1, 0.15) is 57.1 Å². The molecule has 60 heavy (non-hydrogen) atoms. The van der Waals surface area contributed by atoms with Crippen LogP contribution in [0.15, 0.2) is 47.4 Å². The van der Waals surface area contributed by atoms with Crippen molar-refractivity contribution in [1.82, 2.24) is 34.5 Å². The zero-order valence-electron chi connectivity index (χ0n) is 34.6. The number of aromatic nitrogens is 5. The first-order valence-electron chi connectivity index (χ1n) is 21.7. The van der Waals surface area contributed by atoms with Crippen LogP contribution >= 0.6 is 11.6 Å². The fourth-order valence-electron chi connectivity index (χ4n) is 10.0. The lowest BCUT2D eigenvalue weighted by atomic mass is 9.93. The van der Waals surface area contributed by atoms with E-state index in [0.717, 1.165) is 65.2 Å². The minimum Gasteiger partial charge on any atom is -0.480 e. The van der Waals surface area contributed by atoms with Crippen LogP contribution < -0.4 is 36.0 Å². The Morgan fingerprint density at radius 1 is 0.983 bits per heavy atom. The third-order valence-electron chi connectivity index (χ3n) is 13.7. The summed E-state index contributed by atoms with van der Waals surface area (Å²) in [5, 5.41) is 17.1. The fourth-order valence-corrected chi connectivity index (χ4v) is 10.2. The molecule has 4 fully saturated rings. The van der Waals surface area contributed by atoms with Crippen LogP contribution in [0.5, 0.6) is 5.75 Å². The lowest BCUT2D eigenvalue weighted by Gasteiger charge is -2.43. The summed E-state index contributed by atoms with van der Waals surface area (Å²) in [5.74, 6) is -1.22. The highest BCUT2D eigenvalue weighted by Gasteiger charge is 2.51. The number of hydrogen-bond acceptors (Lipinski definition) is 11. The highest BCUT2D eigenvalue weighted by Crippen LogP contribution is 2.46. The van der Waals surface area contributed by atoms with Crippen molar-refractivity contribution in [2.75, 3.05) is 79.4 Å². The molecule has 1 aliphatic carbocycles. The van der Waals surface area contributed by atoms with Gasteiger partial charge in [-0.2, -0.15) is 10.1 Å². The molecule has 5 aliphatic rings. The zero-order chi connectivity index (χ0) is 41.3. The maximum Gasteiger partial charge on any atom is 0.301 e. The van der Waals surface area contributed by atoms with Crippen molar-refractivity contribution < 1.29 is 13.5 Å². The van der Waals surface area contributed by atoms with Gasteiger partial charge in [-0.25, -0.2) is 13.8 Å². The summed E-state index contributed by atoms with van der Waals surface area (Å²) in [6.45, 7) is 9.23. The summed E-state index contributed by atoms with van der Waals surface area (Å²) < 4.78 is 39.4. The van der Waals surface area contributed by atoms with Crippen molar-refractivity contribution >= 4 is 62.2 Å². The molecular weight excluding hydrogens is 788 g/mol. The molecule has 3 saturated heterocycles. The van der Waals surface area contributed by atoms with Crippen molar-refractivity contribution in [2.24, 2.45) is 25.9 Å². The third kappa shape index (κ3) is 7.40. The second kappa shape index (κ2) is 15.6. The van der Waals surface area contributed by atoms with E-state index < -0.39 is 24.1 Å². The lowest BCUT2D eigenvalue weighted by Crippen LogP contribution is -2.54. The maximum absolute atomic E-state index is 15.2. The van der Waals surface area contributed by atoms with Crippen LogP contribution in [0, 0.1) is 11.8 Å². The molecule has 7 heterocycles. The second-order valence-electron chi connectivity index (χ2n) is 17.8. The second-order valence-corrected chi connectivity index (χ2v) is 18.2. The Labute approximate surface area is 353 Å². The molecule has 0 amide bonds. The number of aryl methyl sites for hydroxylation is 2. The van der Waals surface area contributed by atoms with E-state index in [-0.39, 0.29) is 11.7 Å². The van der Waals surface area contributed by atoms with Gasteiger partial charge in [0.1, 0.15) is 5.02 Å². The summed E-state index contributed by atoms with van der Waals surface area (Å²) in [4.78, 5) is 30.1. The van der Waals surface area contributed by atoms with Gasteiger partial charge in [0, 0.05) is 94.0 Å². The van der Waals surface area contributed by atoms with Gasteiger partial charge in [0.15, 0.2) is 12.4 Å². The summed E-state index contributed by atoms with van der Waals surface area (Å²) in [7, 11) is 3.70. The molecule has 3 aromatic heterocycles. The van der Waals surface area contributed by atoms with E-state index in [1.54, 1.807) is 19.3 Å². The maximum atomic E-state index is 15.2. The van der Waals surface area contributed by atoms with Crippen LogP contribution in [0.3, 0.4) is 0 Å². The molecule has 318 valence electrons. The SMILES string of the molecule is CC1CN(c2ncc(Cl)c(Nc3ccc4c(c3)c3c(c(=O)n4C)OCC(F)(F)C(C4CC4)N3)n2)CCN1CC1CCN(c2ccc3c(C4CCCNC4)nn(C)c3c2)CC1. The number of fused-ring (bicyclic) bond motifs is 4. The van der Waals surface area contributed by atoms with Gasteiger partial charge in [0.05, 0.1) is 34.7 Å². The normalized spacial score (nSPS) is 23.9. The molecule has 13 nitrogen and oxygen atoms in total. The van der Waals surface area contributed by atoms with E-state index in [9.17, 15) is 4.79 Å². The van der Waals surface area contributed by atoms with Crippen LogP contribution in [-0.2, 0) is 14.1 Å². The molecule has 3 atom stereocenters. The summed E-state index contributed by atoms with van der Waals surface area (Å²) in [6.07, 6.45) is 7.77. The average molecular weight is 842 g/mol. The molecular formula is C44H54ClF2N11O2. The summed E-state index contributed by atoms with van der Waals surface area (Å²) in [5.41, 5.74) is 4.81. The first-order chi connectivity index (χ1) is 29.0. The van der Waals surface area contributed by atoms with Gasteiger partial charge in [-0.1, -0.05) is 11.6 Å². The van der Waals surface area contributed by atoms with Gasteiger partial charge >= 0.3 is 5.92 Å². The van der Waals surface area contributed by atoms with Crippen LogP contribution in [0.2, 0.25) is 5.02 Å². The molecule has 3 unspecified atom stereocenters. The minimum absolute atomic E-state index is 0.0916. The molecule has 0 spiro atoms. The van der Waals surface area contributed by atoms with Crippen LogP contribution in [0.25, 0.3) is 21.8 Å². The van der Waals surface area contributed by atoms with Gasteiger partial charge in [-0.05, 0) is 100 Å². The summed E-state index contributed by atoms with van der Waals surface area (Å²) >= 11 is 6.67. The van der Waals surface area contributed by atoms with Crippen LogP contribution in [0.4, 0.5) is 37.6 Å². The number of alkyl halides is 2. The molecule has 3 N–H and O–H groups in total. The molecule has 1 saturated carbocycles. The van der Waals surface area contributed by atoms with Crippen molar-refractivity contribution in [3.63, 3.8) is 0 Å². The van der Waals surface area contributed by atoms with Gasteiger partial charge in [-0.15, -0.1) is 0 Å². The number of nitrogens with zero attached hydrogens (tertiary/aromatic N) is 8. The van der Waals surface area contributed by atoms with Gasteiger partial charge in [0.2, 0.25) is 11.7 Å². The van der Waals surface area contributed by atoms with Gasteiger partial charge in [-0.3, -0.25) is 14.4 Å². The minimum atomic E-state index is -3.12.